The summed E-state index contributed by atoms with van der Waals surface area (Å²) in [6.07, 6.45) is 2.46. The third kappa shape index (κ3) is 5.76. The average molecular weight is 531 g/mol. The normalized spacial score (nSPS) is 13.3. The van der Waals surface area contributed by atoms with Gasteiger partial charge in [-0.1, -0.05) is 11.6 Å². The molecule has 2 amide bonds. The van der Waals surface area contributed by atoms with E-state index >= 15 is 0 Å². The summed E-state index contributed by atoms with van der Waals surface area (Å²) in [7, 11) is -4.65. The van der Waals surface area contributed by atoms with Gasteiger partial charge in [0.25, 0.3) is 28.0 Å². The van der Waals surface area contributed by atoms with Crippen molar-refractivity contribution in [1.29, 1.82) is 5.41 Å². The van der Waals surface area contributed by atoms with Gasteiger partial charge in [0.15, 0.2) is 17.4 Å². The molecule has 0 atom stereocenters. The smallest absolute Gasteiger partial charge is 0.289 e. The highest BCUT2D eigenvalue weighted by Gasteiger charge is 2.28. The number of carbonyl (C=O) groups is 2. The molecular formula is C22H19ClN6O6S. The number of hydrogen-bond donors (Lipinski definition) is 3. The third-order valence-electron chi connectivity index (χ3n) is 5.05. The predicted molar refractivity (Wildman–Crippen MR) is 132 cm³/mol. The standard InChI is InChI=1S/C22H19ClN6O6S/c23-15-3-1-14(2-4-15)20(30)27-19-18(25-9-10-26-19)21(31)29(13-36(32,33)34)17-7-5-16(6-8-17)28-11-12-35-22(28)24/h1-10,24H,11-13H2,(H,26,27,30)(H,32,33,34). The van der Waals surface area contributed by atoms with E-state index in [0.29, 0.717) is 23.9 Å². The Bertz CT molecular complexity index is 1420. The fraction of sp³-hybridized carbons (Fsp3) is 0.136. The van der Waals surface area contributed by atoms with E-state index in [1.54, 1.807) is 17.0 Å². The monoisotopic (exact) mass is 530 g/mol. The van der Waals surface area contributed by atoms with Gasteiger partial charge in [0.2, 0.25) is 0 Å². The quantitative estimate of drug-likeness (QED) is 0.389. The van der Waals surface area contributed by atoms with Crippen LogP contribution in [0.5, 0.6) is 0 Å². The molecule has 1 saturated heterocycles. The zero-order valence-corrected chi connectivity index (χ0v) is 20.0. The van der Waals surface area contributed by atoms with Crippen molar-refractivity contribution in [3.8, 4) is 0 Å². The Balaban J connectivity index is 1.64. The topological polar surface area (TPSA) is 166 Å². The predicted octanol–water partition coefficient (Wildman–Crippen LogP) is 2.65. The maximum absolute atomic E-state index is 13.4. The van der Waals surface area contributed by atoms with Gasteiger partial charge >= 0.3 is 0 Å². The highest BCUT2D eigenvalue weighted by atomic mass is 35.5. The molecule has 0 radical (unpaired) electrons. The van der Waals surface area contributed by atoms with Gasteiger partial charge in [0, 0.05) is 34.4 Å². The van der Waals surface area contributed by atoms with Crippen LogP contribution in [0.1, 0.15) is 20.8 Å². The maximum atomic E-state index is 13.4. The molecule has 3 aromatic rings. The van der Waals surface area contributed by atoms with Gasteiger partial charge in [0.1, 0.15) is 6.61 Å². The van der Waals surface area contributed by atoms with Crippen molar-refractivity contribution < 1.29 is 27.3 Å². The Hall–Kier alpha value is -4.07. The first kappa shape index (κ1) is 25.0. The lowest BCUT2D eigenvalue weighted by atomic mass is 10.2. The zero-order valence-electron chi connectivity index (χ0n) is 18.5. The molecule has 0 aliphatic carbocycles. The molecule has 0 spiro atoms. The van der Waals surface area contributed by atoms with Crippen LogP contribution >= 0.6 is 11.6 Å². The largest absolute Gasteiger partial charge is 0.463 e. The number of nitrogens with one attached hydrogen (secondary N) is 2. The summed E-state index contributed by atoms with van der Waals surface area (Å²) in [6.45, 7) is 0.813. The Morgan fingerprint density at radius 1 is 1.11 bits per heavy atom. The van der Waals surface area contributed by atoms with Crippen LogP contribution in [-0.2, 0) is 14.9 Å². The number of ether oxygens (including phenoxy) is 1. The molecule has 14 heteroatoms. The Labute approximate surface area is 210 Å². The van der Waals surface area contributed by atoms with Gasteiger partial charge in [-0.15, -0.1) is 0 Å². The van der Waals surface area contributed by atoms with E-state index in [-0.39, 0.29) is 28.8 Å². The summed E-state index contributed by atoms with van der Waals surface area (Å²) in [5, 5.41) is 10.7. The Kier molecular flexibility index (Phi) is 7.15. The van der Waals surface area contributed by atoms with E-state index in [9.17, 15) is 22.6 Å². The van der Waals surface area contributed by atoms with Crippen molar-refractivity contribution in [2.75, 3.05) is 34.1 Å². The number of anilines is 3. The van der Waals surface area contributed by atoms with Crippen molar-refractivity contribution in [1.82, 2.24) is 9.97 Å². The lowest BCUT2D eigenvalue weighted by Crippen LogP contribution is -2.37. The van der Waals surface area contributed by atoms with E-state index in [1.165, 1.54) is 48.8 Å². The van der Waals surface area contributed by atoms with Gasteiger partial charge in [-0.2, -0.15) is 8.42 Å². The van der Waals surface area contributed by atoms with Gasteiger partial charge in [-0.25, -0.2) is 9.97 Å². The molecule has 0 bridgehead atoms. The number of rotatable bonds is 7. The molecule has 2 aromatic carbocycles. The number of aromatic nitrogens is 2. The van der Waals surface area contributed by atoms with E-state index < -0.39 is 27.8 Å². The molecule has 1 aromatic heterocycles. The fourth-order valence-corrected chi connectivity index (χ4v) is 4.10. The van der Waals surface area contributed by atoms with Crippen LogP contribution in [0.15, 0.2) is 60.9 Å². The van der Waals surface area contributed by atoms with Gasteiger partial charge in [-0.05, 0) is 48.5 Å². The molecule has 36 heavy (non-hydrogen) atoms. The summed E-state index contributed by atoms with van der Waals surface area (Å²) >= 11 is 5.85. The highest BCUT2D eigenvalue weighted by Crippen LogP contribution is 2.25. The first-order chi connectivity index (χ1) is 17.1. The molecule has 1 aliphatic heterocycles. The highest BCUT2D eigenvalue weighted by molar-refractivity contribution is 7.85. The molecule has 0 saturated carbocycles. The molecule has 2 heterocycles. The number of halogens is 1. The third-order valence-corrected chi connectivity index (χ3v) is 5.88. The molecule has 4 rings (SSSR count). The summed E-state index contributed by atoms with van der Waals surface area (Å²) < 4.78 is 38.1. The van der Waals surface area contributed by atoms with Crippen LogP contribution < -0.4 is 15.1 Å². The average Bonchev–Trinajstić information content (AvgIpc) is 3.28. The Morgan fingerprint density at radius 3 is 2.39 bits per heavy atom. The van der Waals surface area contributed by atoms with Gasteiger partial charge in [0.05, 0.1) is 6.54 Å². The molecule has 0 unspecified atom stereocenters. The SMILES string of the molecule is N=C1OCCN1c1ccc(N(CS(=O)(=O)O)C(=O)c2nccnc2NC(=O)c2ccc(Cl)cc2)cc1. The fourth-order valence-electron chi connectivity index (χ4n) is 3.38. The number of amidine groups is 1. The van der Waals surface area contributed by atoms with E-state index in [4.69, 9.17) is 21.7 Å². The van der Waals surface area contributed by atoms with Crippen molar-refractivity contribution in [3.63, 3.8) is 0 Å². The summed E-state index contributed by atoms with van der Waals surface area (Å²) in [5.41, 5.74) is 0.608. The first-order valence-corrected chi connectivity index (χ1v) is 12.3. The minimum Gasteiger partial charge on any atom is -0.463 e. The minimum atomic E-state index is -4.65. The summed E-state index contributed by atoms with van der Waals surface area (Å²) in [6, 6.07) is 12.0. The molecular weight excluding hydrogens is 512 g/mol. The Morgan fingerprint density at radius 2 is 1.78 bits per heavy atom. The number of benzene rings is 2. The second kappa shape index (κ2) is 10.3. The number of carbonyl (C=O) groups excluding carboxylic acids is 2. The van der Waals surface area contributed by atoms with Crippen LogP contribution in [0.4, 0.5) is 17.2 Å². The number of nitrogens with zero attached hydrogens (tertiary/aromatic N) is 4. The maximum Gasteiger partial charge on any atom is 0.289 e. The number of hydrogen-bond acceptors (Lipinski definition) is 8. The van der Waals surface area contributed by atoms with E-state index in [0.717, 1.165) is 4.90 Å². The molecule has 1 fully saturated rings. The van der Waals surface area contributed by atoms with Crippen LogP contribution in [0.2, 0.25) is 5.02 Å². The van der Waals surface area contributed by atoms with Crippen LogP contribution in [0, 0.1) is 5.41 Å². The van der Waals surface area contributed by atoms with Crippen LogP contribution in [0.3, 0.4) is 0 Å². The van der Waals surface area contributed by atoms with Crippen LogP contribution in [0.25, 0.3) is 0 Å². The zero-order chi connectivity index (χ0) is 25.9. The van der Waals surface area contributed by atoms with Gasteiger partial charge < -0.3 is 10.1 Å². The molecule has 3 N–H and O–H groups in total. The van der Waals surface area contributed by atoms with Gasteiger partial charge in [-0.3, -0.25) is 29.4 Å². The van der Waals surface area contributed by atoms with Crippen molar-refractivity contribution in [3.05, 3.63) is 77.2 Å². The second-order valence-electron chi connectivity index (χ2n) is 7.48. The van der Waals surface area contributed by atoms with Crippen molar-refractivity contribution >= 4 is 56.7 Å². The lowest BCUT2D eigenvalue weighted by Gasteiger charge is -2.23. The van der Waals surface area contributed by atoms with E-state index in [2.05, 4.69) is 15.3 Å². The summed E-state index contributed by atoms with van der Waals surface area (Å²) in [5.74, 6) is -2.81. The van der Waals surface area contributed by atoms with E-state index in [1.807, 2.05) is 0 Å². The second-order valence-corrected chi connectivity index (χ2v) is 9.34. The van der Waals surface area contributed by atoms with Crippen LogP contribution in [-0.4, -0.2) is 59.8 Å². The van der Waals surface area contributed by atoms with Crippen molar-refractivity contribution in [2.24, 2.45) is 0 Å². The molecule has 12 nitrogen and oxygen atoms in total. The van der Waals surface area contributed by atoms with Crippen molar-refractivity contribution in [2.45, 2.75) is 0 Å². The molecule has 186 valence electrons. The first-order valence-electron chi connectivity index (χ1n) is 10.4. The lowest BCUT2D eigenvalue weighted by molar-refractivity contribution is 0.0986. The molecule has 1 aliphatic rings. The number of amides is 2. The minimum absolute atomic E-state index is 0.0331. The summed E-state index contributed by atoms with van der Waals surface area (Å²) in [4.78, 5) is 36.4.